The van der Waals surface area contributed by atoms with Crippen LogP contribution in [-0.4, -0.2) is 42.9 Å². The molecule has 0 aliphatic carbocycles. The number of hydrogen-bond acceptors (Lipinski definition) is 3. The summed E-state index contributed by atoms with van der Waals surface area (Å²) < 4.78 is 0. The van der Waals surface area contributed by atoms with Gasteiger partial charge in [0.2, 0.25) is 11.8 Å². The molecular formula is C13H27N3O2. The van der Waals surface area contributed by atoms with Gasteiger partial charge in [0.25, 0.3) is 0 Å². The van der Waals surface area contributed by atoms with E-state index in [9.17, 15) is 9.59 Å². The van der Waals surface area contributed by atoms with Crippen molar-refractivity contribution in [1.82, 2.24) is 10.2 Å². The molecule has 0 aliphatic rings. The van der Waals surface area contributed by atoms with Crippen LogP contribution < -0.4 is 11.1 Å². The van der Waals surface area contributed by atoms with Crippen molar-refractivity contribution in [3.05, 3.63) is 0 Å². The smallest absolute Gasteiger partial charge is 0.241 e. The van der Waals surface area contributed by atoms with Crippen LogP contribution in [0.4, 0.5) is 0 Å². The minimum atomic E-state index is -0.163. The molecule has 0 bridgehead atoms. The minimum Gasteiger partial charge on any atom is -0.347 e. The third kappa shape index (κ3) is 8.06. The highest BCUT2D eigenvalue weighted by Gasteiger charge is 2.18. The van der Waals surface area contributed by atoms with E-state index in [1.807, 2.05) is 6.92 Å². The minimum absolute atomic E-state index is 0.0470. The van der Waals surface area contributed by atoms with E-state index in [0.717, 1.165) is 6.42 Å². The van der Waals surface area contributed by atoms with Gasteiger partial charge in [-0.15, -0.1) is 0 Å². The average Bonchev–Trinajstić information content (AvgIpc) is 2.21. The van der Waals surface area contributed by atoms with E-state index in [0.29, 0.717) is 6.54 Å². The Balaban J connectivity index is 3.95. The number of hydrogen-bond donors (Lipinski definition) is 2. The van der Waals surface area contributed by atoms with Crippen LogP contribution in [0.2, 0.25) is 0 Å². The van der Waals surface area contributed by atoms with Crippen LogP contribution in [-0.2, 0) is 9.59 Å². The molecular weight excluding hydrogens is 230 g/mol. The van der Waals surface area contributed by atoms with Gasteiger partial charge in [-0.1, -0.05) is 20.8 Å². The molecule has 0 saturated heterocycles. The SMILES string of the molecule is CCN(C)C(=O)CNC(=O)CC(N)CC(C)(C)C. The number of carbonyl (C=O) groups is 2. The number of amides is 2. The Morgan fingerprint density at radius 2 is 1.89 bits per heavy atom. The molecule has 0 saturated carbocycles. The lowest BCUT2D eigenvalue weighted by Gasteiger charge is -2.22. The number of nitrogens with one attached hydrogen (secondary N) is 1. The molecule has 1 atom stereocenters. The van der Waals surface area contributed by atoms with E-state index in [-0.39, 0.29) is 36.2 Å². The van der Waals surface area contributed by atoms with Gasteiger partial charge in [-0.2, -0.15) is 0 Å². The monoisotopic (exact) mass is 257 g/mol. The number of likely N-dealkylation sites (N-methyl/N-ethyl adjacent to an activating group) is 1. The summed E-state index contributed by atoms with van der Waals surface area (Å²) >= 11 is 0. The van der Waals surface area contributed by atoms with E-state index in [1.165, 1.54) is 0 Å². The Labute approximate surface area is 110 Å². The van der Waals surface area contributed by atoms with E-state index in [4.69, 9.17) is 5.73 Å². The van der Waals surface area contributed by atoms with Gasteiger partial charge >= 0.3 is 0 Å². The number of rotatable bonds is 6. The fraction of sp³-hybridized carbons (Fsp3) is 0.846. The molecule has 3 N–H and O–H groups in total. The summed E-state index contributed by atoms with van der Waals surface area (Å²) in [5, 5.41) is 2.60. The summed E-state index contributed by atoms with van der Waals surface area (Å²) in [5.74, 6) is -0.250. The maximum absolute atomic E-state index is 11.6. The maximum atomic E-state index is 11.6. The fourth-order valence-electron chi connectivity index (χ4n) is 1.65. The van der Waals surface area contributed by atoms with Crippen molar-refractivity contribution in [2.45, 2.75) is 46.6 Å². The van der Waals surface area contributed by atoms with Crippen LogP contribution in [0.1, 0.15) is 40.5 Å². The first kappa shape index (κ1) is 16.9. The normalized spacial score (nSPS) is 13.0. The zero-order valence-corrected chi connectivity index (χ0v) is 12.2. The predicted molar refractivity (Wildman–Crippen MR) is 73.0 cm³/mol. The first-order chi connectivity index (χ1) is 8.15. The summed E-state index contributed by atoms with van der Waals surface area (Å²) in [4.78, 5) is 24.6. The summed E-state index contributed by atoms with van der Waals surface area (Å²) in [7, 11) is 1.71. The number of nitrogens with two attached hydrogens (primary N) is 1. The Bertz CT molecular complexity index is 284. The molecule has 5 heteroatoms. The molecule has 5 nitrogen and oxygen atoms in total. The number of nitrogens with zero attached hydrogens (tertiary/aromatic N) is 1. The van der Waals surface area contributed by atoms with Crippen molar-refractivity contribution in [2.24, 2.45) is 11.1 Å². The highest BCUT2D eigenvalue weighted by molar-refractivity contribution is 5.84. The molecule has 2 amide bonds. The topological polar surface area (TPSA) is 75.4 Å². The van der Waals surface area contributed by atoms with Crippen molar-refractivity contribution in [1.29, 1.82) is 0 Å². The average molecular weight is 257 g/mol. The highest BCUT2D eigenvalue weighted by atomic mass is 16.2. The van der Waals surface area contributed by atoms with Crippen molar-refractivity contribution >= 4 is 11.8 Å². The van der Waals surface area contributed by atoms with Gasteiger partial charge in [-0.05, 0) is 18.8 Å². The highest BCUT2D eigenvalue weighted by Crippen LogP contribution is 2.20. The largest absolute Gasteiger partial charge is 0.347 e. The van der Waals surface area contributed by atoms with Crippen molar-refractivity contribution in [2.75, 3.05) is 20.1 Å². The molecule has 0 aliphatic heterocycles. The lowest BCUT2D eigenvalue weighted by Crippen LogP contribution is -2.40. The molecule has 0 fully saturated rings. The quantitative estimate of drug-likeness (QED) is 0.736. The zero-order chi connectivity index (χ0) is 14.3. The van der Waals surface area contributed by atoms with E-state index < -0.39 is 0 Å². The van der Waals surface area contributed by atoms with Gasteiger partial charge in [0, 0.05) is 26.1 Å². The van der Waals surface area contributed by atoms with Crippen molar-refractivity contribution < 1.29 is 9.59 Å². The Hall–Kier alpha value is -1.10. The third-order valence-electron chi connectivity index (χ3n) is 2.66. The van der Waals surface area contributed by atoms with Crippen LogP contribution >= 0.6 is 0 Å². The molecule has 0 spiro atoms. The number of carbonyl (C=O) groups excluding carboxylic acids is 2. The first-order valence-corrected chi connectivity index (χ1v) is 6.42. The second-order valence-electron chi connectivity index (χ2n) is 5.91. The molecule has 0 rings (SSSR count). The summed E-state index contributed by atoms with van der Waals surface area (Å²) in [6.07, 6.45) is 1.05. The molecule has 0 aromatic rings. The third-order valence-corrected chi connectivity index (χ3v) is 2.66. The second kappa shape index (κ2) is 7.36. The van der Waals surface area contributed by atoms with E-state index in [1.54, 1.807) is 11.9 Å². The summed E-state index contributed by atoms with van der Waals surface area (Å²) in [6.45, 7) is 8.84. The molecule has 0 heterocycles. The van der Waals surface area contributed by atoms with Gasteiger partial charge < -0.3 is 16.0 Å². The standard InChI is InChI=1S/C13H27N3O2/c1-6-16(5)12(18)9-15-11(17)7-10(14)8-13(2,3)4/h10H,6-9,14H2,1-5H3,(H,15,17). The molecule has 1 unspecified atom stereocenters. The van der Waals surface area contributed by atoms with Crippen molar-refractivity contribution in [3.8, 4) is 0 Å². The van der Waals surface area contributed by atoms with Crippen LogP contribution in [0.5, 0.6) is 0 Å². The zero-order valence-electron chi connectivity index (χ0n) is 12.2. The van der Waals surface area contributed by atoms with Gasteiger partial charge in [0.15, 0.2) is 0 Å². The van der Waals surface area contributed by atoms with Gasteiger partial charge in [-0.3, -0.25) is 9.59 Å². The molecule has 0 aromatic heterocycles. The van der Waals surface area contributed by atoms with Crippen LogP contribution in [0, 0.1) is 5.41 Å². The predicted octanol–water partition coefficient (Wildman–Crippen LogP) is 0.735. The van der Waals surface area contributed by atoms with Crippen molar-refractivity contribution in [3.63, 3.8) is 0 Å². The molecule has 0 aromatic carbocycles. The Morgan fingerprint density at radius 1 is 1.33 bits per heavy atom. The lowest BCUT2D eigenvalue weighted by atomic mass is 9.87. The van der Waals surface area contributed by atoms with Crippen LogP contribution in [0.3, 0.4) is 0 Å². The molecule has 106 valence electrons. The van der Waals surface area contributed by atoms with Gasteiger partial charge in [0.05, 0.1) is 6.54 Å². The van der Waals surface area contributed by atoms with Crippen LogP contribution in [0.15, 0.2) is 0 Å². The summed E-state index contributed by atoms with van der Waals surface area (Å²) in [6, 6.07) is -0.163. The molecule has 18 heavy (non-hydrogen) atoms. The Morgan fingerprint density at radius 3 is 2.33 bits per heavy atom. The van der Waals surface area contributed by atoms with Gasteiger partial charge in [0.1, 0.15) is 0 Å². The van der Waals surface area contributed by atoms with Crippen LogP contribution in [0.25, 0.3) is 0 Å². The van der Waals surface area contributed by atoms with Gasteiger partial charge in [-0.25, -0.2) is 0 Å². The van der Waals surface area contributed by atoms with E-state index >= 15 is 0 Å². The second-order valence-corrected chi connectivity index (χ2v) is 5.91. The van der Waals surface area contributed by atoms with E-state index in [2.05, 4.69) is 26.1 Å². The fourth-order valence-corrected chi connectivity index (χ4v) is 1.65. The Kier molecular flexibility index (Phi) is 6.91. The molecule has 0 radical (unpaired) electrons. The first-order valence-electron chi connectivity index (χ1n) is 6.42. The lowest BCUT2D eigenvalue weighted by molar-refractivity contribution is -0.131. The summed E-state index contributed by atoms with van der Waals surface area (Å²) in [5.41, 5.74) is 6.01. The maximum Gasteiger partial charge on any atom is 0.241 e.